The number of hydrogen-bond acceptors (Lipinski definition) is 6. The average molecular weight is 343 g/mol. The van der Waals surface area contributed by atoms with E-state index in [-0.39, 0.29) is 5.69 Å². The van der Waals surface area contributed by atoms with Gasteiger partial charge in [0.05, 0.1) is 18.2 Å². The Kier molecular flexibility index (Phi) is 6.05. The van der Waals surface area contributed by atoms with E-state index >= 15 is 0 Å². The number of ether oxygens (including phenoxy) is 2. The summed E-state index contributed by atoms with van der Waals surface area (Å²) in [5.41, 5.74) is 3.09. The minimum atomic E-state index is -0.816. The lowest BCUT2D eigenvalue weighted by Gasteiger charge is -2.12. The Bertz CT molecular complexity index is 774. The summed E-state index contributed by atoms with van der Waals surface area (Å²) in [6, 6.07) is 12.7. The fraction of sp³-hybridized carbons (Fsp3) is 0.176. The molecule has 0 saturated carbocycles. The van der Waals surface area contributed by atoms with Gasteiger partial charge in [0.2, 0.25) is 0 Å². The van der Waals surface area contributed by atoms with Crippen LogP contribution in [0.2, 0.25) is 0 Å². The van der Waals surface area contributed by atoms with Crippen LogP contribution in [-0.4, -0.2) is 30.3 Å². The third kappa shape index (κ3) is 5.31. The van der Waals surface area contributed by atoms with E-state index in [0.29, 0.717) is 11.5 Å². The lowest BCUT2D eigenvalue weighted by atomic mass is 10.2. The molecule has 2 aromatic rings. The Balaban J connectivity index is 1.89. The smallest absolute Gasteiger partial charge is 0.280 e. The van der Waals surface area contributed by atoms with Gasteiger partial charge >= 0.3 is 0 Å². The first kappa shape index (κ1) is 17.9. The number of carbonyl (C=O) groups excluding carboxylic acids is 1. The van der Waals surface area contributed by atoms with Gasteiger partial charge in [-0.1, -0.05) is 12.1 Å². The molecule has 25 heavy (non-hydrogen) atoms. The van der Waals surface area contributed by atoms with Crippen molar-refractivity contribution in [2.45, 2.75) is 13.0 Å². The van der Waals surface area contributed by atoms with E-state index in [9.17, 15) is 14.9 Å². The number of nitrogens with zero attached hydrogens (tertiary/aromatic N) is 2. The molecule has 0 bridgehead atoms. The van der Waals surface area contributed by atoms with E-state index in [4.69, 9.17) is 9.47 Å². The van der Waals surface area contributed by atoms with E-state index < -0.39 is 16.9 Å². The first-order valence-electron chi connectivity index (χ1n) is 7.37. The molecule has 0 spiro atoms. The summed E-state index contributed by atoms with van der Waals surface area (Å²) in [7, 11) is 1.56. The monoisotopic (exact) mass is 343 g/mol. The lowest BCUT2D eigenvalue weighted by Crippen LogP contribution is -2.33. The third-order valence-corrected chi connectivity index (χ3v) is 3.21. The molecular weight excluding hydrogens is 326 g/mol. The van der Waals surface area contributed by atoms with Crippen molar-refractivity contribution in [2.24, 2.45) is 5.10 Å². The highest BCUT2D eigenvalue weighted by Gasteiger charge is 2.14. The molecule has 0 fully saturated rings. The summed E-state index contributed by atoms with van der Waals surface area (Å²) in [5.74, 6) is 0.590. The minimum absolute atomic E-state index is 0.0488. The Labute approximate surface area is 144 Å². The number of non-ortho nitro benzene ring substituents is 1. The third-order valence-electron chi connectivity index (χ3n) is 3.21. The quantitative estimate of drug-likeness (QED) is 0.473. The van der Waals surface area contributed by atoms with E-state index in [1.807, 2.05) is 12.1 Å². The zero-order chi connectivity index (χ0) is 18.2. The molecule has 2 rings (SSSR count). The van der Waals surface area contributed by atoms with E-state index in [2.05, 4.69) is 10.5 Å². The normalized spacial score (nSPS) is 11.8. The second-order valence-electron chi connectivity index (χ2n) is 5.02. The molecule has 0 aliphatic heterocycles. The molecule has 1 unspecified atom stereocenters. The summed E-state index contributed by atoms with van der Waals surface area (Å²) in [6.07, 6.45) is 0.669. The Morgan fingerprint density at radius 3 is 2.60 bits per heavy atom. The molecule has 8 nitrogen and oxygen atoms in total. The van der Waals surface area contributed by atoms with Crippen LogP contribution in [0.5, 0.6) is 11.5 Å². The molecule has 1 N–H and O–H groups in total. The average Bonchev–Trinajstić information content (AvgIpc) is 2.62. The summed E-state index contributed by atoms with van der Waals surface area (Å²) < 4.78 is 10.5. The highest BCUT2D eigenvalue weighted by Crippen LogP contribution is 2.18. The predicted octanol–water partition coefficient (Wildman–Crippen LogP) is 2.52. The molecule has 1 amide bonds. The molecule has 0 radical (unpaired) electrons. The van der Waals surface area contributed by atoms with Crippen molar-refractivity contribution in [3.63, 3.8) is 0 Å². The number of hydrazone groups is 1. The van der Waals surface area contributed by atoms with Gasteiger partial charge in [0.15, 0.2) is 6.10 Å². The summed E-state index contributed by atoms with van der Waals surface area (Å²) in [5, 5.41) is 14.5. The predicted molar refractivity (Wildman–Crippen MR) is 91.9 cm³/mol. The Morgan fingerprint density at radius 1 is 1.24 bits per heavy atom. The zero-order valence-corrected chi connectivity index (χ0v) is 13.7. The van der Waals surface area contributed by atoms with E-state index in [1.54, 1.807) is 26.2 Å². The van der Waals surface area contributed by atoms with Crippen LogP contribution in [0.4, 0.5) is 5.69 Å². The van der Waals surface area contributed by atoms with Gasteiger partial charge in [-0.3, -0.25) is 14.9 Å². The number of nitrogens with one attached hydrogen (secondary N) is 1. The van der Waals surface area contributed by atoms with Crippen molar-refractivity contribution < 1.29 is 19.2 Å². The fourth-order valence-electron chi connectivity index (χ4n) is 1.89. The standard InChI is InChI=1S/C17H17N3O5/c1-12(25-15-8-6-14(7-9-15)20(22)23)17(21)19-18-11-13-4-3-5-16(10-13)24-2/h3-12H,1-2H3,(H,19,21)/b18-11+. The van der Waals surface area contributed by atoms with Crippen molar-refractivity contribution >= 4 is 17.8 Å². The van der Waals surface area contributed by atoms with Gasteiger partial charge in [0, 0.05) is 12.1 Å². The van der Waals surface area contributed by atoms with Gasteiger partial charge in [-0.25, -0.2) is 5.43 Å². The molecule has 0 heterocycles. The lowest BCUT2D eigenvalue weighted by molar-refractivity contribution is -0.384. The van der Waals surface area contributed by atoms with Gasteiger partial charge in [0.25, 0.3) is 11.6 Å². The number of amides is 1. The molecule has 130 valence electrons. The van der Waals surface area contributed by atoms with Crippen molar-refractivity contribution in [1.82, 2.24) is 5.43 Å². The topological polar surface area (TPSA) is 103 Å². The van der Waals surface area contributed by atoms with E-state index in [0.717, 1.165) is 5.56 Å². The molecule has 0 saturated heterocycles. The fourth-order valence-corrected chi connectivity index (χ4v) is 1.89. The number of methoxy groups -OCH3 is 1. The van der Waals surface area contributed by atoms with Crippen LogP contribution in [0.15, 0.2) is 53.6 Å². The van der Waals surface area contributed by atoms with Crippen molar-refractivity contribution in [3.05, 3.63) is 64.2 Å². The number of carbonyl (C=O) groups is 1. The van der Waals surface area contributed by atoms with Gasteiger partial charge in [-0.2, -0.15) is 5.10 Å². The number of rotatable bonds is 7. The maximum atomic E-state index is 12.0. The summed E-state index contributed by atoms with van der Waals surface area (Å²) in [6.45, 7) is 1.55. The first-order chi connectivity index (χ1) is 12.0. The maximum Gasteiger partial charge on any atom is 0.280 e. The summed E-state index contributed by atoms with van der Waals surface area (Å²) in [4.78, 5) is 22.0. The van der Waals surface area contributed by atoms with Gasteiger partial charge in [-0.05, 0) is 36.8 Å². The van der Waals surface area contributed by atoms with Gasteiger partial charge in [0.1, 0.15) is 11.5 Å². The van der Waals surface area contributed by atoms with Gasteiger partial charge < -0.3 is 9.47 Å². The highest BCUT2D eigenvalue weighted by molar-refractivity contribution is 5.84. The molecular formula is C17H17N3O5. The number of nitro benzene ring substituents is 1. The zero-order valence-electron chi connectivity index (χ0n) is 13.7. The molecule has 0 aromatic heterocycles. The van der Waals surface area contributed by atoms with Crippen LogP contribution in [0.25, 0.3) is 0 Å². The van der Waals surface area contributed by atoms with Gasteiger partial charge in [-0.15, -0.1) is 0 Å². The molecule has 0 aliphatic rings. The van der Waals surface area contributed by atoms with E-state index in [1.165, 1.54) is 30.5 Å². The molecule has 8 heteroatoms. The van der Waals surface area contributed by atoms with Crippen LogP contribution in [0, 0.1) is 10.1 Å². The first-order valence-corrected chi connectivity index (χ1v) is 7.37. The van der Waals surface area contributed by atoms with Crippen molar-refractivity contribution in [2.75, 3.05) is 7.11 Å². The van der Waals surface area contributed by atoms with Crippen LogP contribution in [-0.2, 0) is 4.79 Å². The highest BCUT2D eigenvalue weighted by atomic mass is 16.6. The van der Waals surface area contributed by atoms with Crippen LogP contribution in [0.3, 0.4) is 0 Å². The second-order valence-corrected chi connectivity index (χ2v) is 5.02. The second kappa shape index (κ2) is 8.44. The molecule has 2 aromatic carbocycles. The number of benzene rings is 2. The maximum absolute atomic E-state index is 12.0. The Morgan fingerprint density at radius 2 is 1.96 bits per heavy atom. The SMILES string of the molecule is COc1cccc(/C=N/NC(=O)C(C)Oc2ccc([N+](=O)[O-])cc2)c1. The van der Waals surface area contributed by atoms with Crippen LogP contribution < -0.4 is 14.9 Å². The van der Waals surface area contributed by atoms with Crippen LogP contribution >= 0.6 is 0 Å². The molecule has 0 aliphatic carbocycles. The van der Waals surface area contributed by atoms with Crippen molar-refractivity contribution in [1.29, 1.82) is 0 Å². The largest absolute Gasteiger partial charge is 0.497 e. The number of hydrogen-bond donors (Lipinski definition) is 1. The minimum Gasteiger partial charge on any atom is -0.497 e. The summed E-state index contributed by atoms with van der Waals surface area (Å²) >= 11 is 0. The molecule has 1 atom stereocenters. The van der Waals surface area contributed by atoms with Crippen molar-refractivity contribution in [3.8, 4) is 11.5 Å². The Hall–Kier alpha value is -3.42. The van der Waals surface area contributed by atoms with Crippen LogP contribution in [0.1, 0.15) is 12.5 Å². The number of nitro groups is 1.